The Bertz CT molecular complexity index is 655. The fourth-order valence-electron chi connectivity index (χ4n) is 1.92. The number of hydrogen-bond donors (Lipinski definition) is 1. The quantitative estimate of drug-likeness (QED) is 0.751. The van der Waals surface area contributed by atoms with Gasteiger partial charge in [-0.15, -0.1) is 11.3 Å². The summed E-state index contributed by atoms with van der Waals surface area (Å²) < 4.78 is 2.06. The highest BCUT2D eigenvalue weighted by Crippen LogP contribution is 2.23. The lowest BCUT2D eigenvalue weighted by molar-refractivity contribution is 0.952. The molecule has 0 spiro atoms. The van der Waals surface area contributed by atoms with E-state index in [-0.39, 0.29) is 0 Å². The van der Waals surface area contributed by atoms with Crippen LogP contribution in [0.25, 0.3) is 22.6 Å². The smallest absolute Gasteiger partial charge is 0.160 e. The highest BCUT2D eigenvalue weighted by Gasteiger charge is 2.11. The fraction of sp³-hybridized carbons (Fsp3) is 0.167. The molecule has 2 heterocycles. The summed E-state index contributed by atoms with van der Waals surface area (Å²) >= 11 is 1.58. The molecule has 0 saturated carbocycles. The molecule has 0 unspecified atom stereocenters. The van der Waals surface area contributed by atoms with Gasteiger partial charge in [0.15, 0.2) is 5.82 Å². The summed E-state index contributed by atoms with van der Waals surface area (Å²) in [6.45, 7) is 0.540. The third kappa shape index (κ3) is 1.64. The van der Waals surface area contributed by atoms with Crippen LogP contribution in [-0.2, 0) is 13.6 Å². The van der Waals surface area contributed by atoms with Crippen LogP contribution in [0.3, 0.4) is 0 Å². The number of benzene rings is 1. The lowest BCUT2D eigenvalue weighted by Gasteiger charge is -1.99. The molecule has 86 valence electrons. The Morgan fingerprint density at radius 2 is 2.29 bits per heavy atom. The minimum Gasteiger partial charge on any atom is -0.326 e. The van der Waals surface area contributed by atoms with Crippen LogP contribution in [-0.4, -0.2) is 14.5 Å². The number of imidazole rings is 1. The summed E-state index contributed by atoms with van der Waals surface area (Å²) in [4.78, 5) is 8.91. The van der Waals surface area contributed by atoms with Crippen LogP contribution < -0.4 is 5.73 Å². The zero-order chi connectivity index (χ0) is 11.8. The van der Waals surface area contributed by atoms with Gasteiger partial charge >= 0.3 is 0 Å². The normalized spacial score (nSPS) is 11.2. The van der Waals surface area contributed by atoms with Gasteiger partial charge in [0.25, 0.3) is 0 Å². The summed E-state index contributed by atoms with van der Waals surface area (Å²) in [6.07, 6.45) is 0. The Kier molecular flexibility index (Phi) is 2.42. The first-order chi connectivity index (χ1) is 8.29. The Hall–Kier alpha value is -1.72. The number of nitrogens with zero attached hydrogens (tertiary/aromatic N) is 3. The Balaban J connectivity index is 2.24. The van der Waals surface area contributed by atoms with Crippen molar-refractivity contribution in [3.8, 4) is 11.5 Å². The number of fused-ring (bicyclic) bond motifs is 1. The Labute approximate surface area is 103 Å². The second-order valence-corrected chi connectivity index (χ2v) is 4.61. The van der Waals surface area contributed by atoms with Gasteiger partial charge in [-0.05, 0) is 17.7 Å². The number of nitrogens with two attached hydrogens (primary N) is 1. The highest BCUT2D eigenvalue weighted by molar-refractivity contribution is 7.07. The number of thiazole rings is 1. The Morgan fingerprint density at radius 1 is 1.41 bits per heavy atom. The first kappa shape index (κ1) is 10.4. The molecule has 5 heteroatoms. The summed E-state index contributed by atoms with van der Waals surface area (Å²) in [5.74, 6) is 0.899. The van der Waals surface area contributed by atoms with Gasteiger partial charge in [0.2, 0.25) is 0 Å². The standard InChI is InChI=1S/C12H12N4S/c1-16-11-3-2-8(5-13)4-9(11)15-12(16)10-6-17-7-14-10/h2-4,6-7H,5,13H2,1H3. The van der Waals surface area contributed by atoms with Crippen LogP contribution in [0.1, 0.15) is 5.56 Å². The molecule has 1 aromatic carbocycles. The van der Waals surface area contributed by atoms with Crippen molar-refractivity contribution in [2.75, 3.05) is 0 Å². The third-order valence-electron chi connectivity index (χ3n) is 2.84. The molecule has 0 saturated heterocycles. The lowest BCUT2D eigenvalue weighted by atomic mass is 10.2. The predicted octanol–water partition coefficient (Wildman–Crippen LogP) is 2.16. The molecule has 3 aromatic rings. The van der Waals surface area contributed by atoms with Gasteiger partial charge in [-0.2, -0.15) is 0 Å². The minimum absolute atomic E-state index is 0.540. The molecular formula is C12H12N4S. The molecule has 0 fully saturated rings. The van der Waals surface area contributed by atoms with Crippen LogP contribution >= 0.6 is 11.3 Å². The van der Waals surface area contributed by atoms with E-state index in [0.29, 0.717) is 6.54 Å². The van der Waals surface area contributed by atoms with Crippen LogP contribution in [0.5, 0.6) is 0 Å². The summed E-state index contributed by atoms with van der Waals surface area (Å²) in [7, 11) is 2.01. The zero-order valence-electron chi connectivity index (χ0n) is 9.42. The highest BCUT2D eigenvalue weighted by atomic mass is 32.1. The van der Waals surface area contributed by atoms with Gasteiger partial charge < -0.3 is 10.3 Å². The molecule has 2 aromatic heterocycles. The topological polar surface area (TPSA) is 56.7 Å². The van der Waals surface area contributed by atoms with Crippen molar-refractivity contribution in [2.24, 2.45) is 12.8 Å². The maximum Gasteiger partial charge on any atom is 0.160 e. The molecular weight excluding hydrogens is 232 g/mol. The van der Waals surface area contributed by atoms with E-state index in [4.69, 9.17) is 5.73 Å². The van der Waals surface area contributed by atoms with E-state index >= 15 is 0 Å². The number of rotatable bonds is 2. The van der Waals surface area contributed by atoms with Crippen molar-refractivity contribution >= 4 is 22.4 Å². The summed E-state index contributed by atoms with van der Waals surface area (Å²) in [6, 6.07) is 6.13. The summed E-state index contributed by atoms with van der Waals surface area (Å²) in [5, 5.41) is 2.01. The molecule has 0 atom stereocenters. The van der Waals surface area contributed by atoms with Crippen LogP contribution in [0.2, 0.25) is 0 Å². The molecule has 0 amide bonds. The second-order valence-electron chi connectivity index (χ2n) is 3.90. The van der Waals surface area contributed by atoms with E-state index in [2.05, 4.69) is 20.6 Å². The van der Waals surface area contributed by atoms with Gasteiger partial charge in [-0.1, -0.05) is 6.07 Å². The largest absolute Gasteiger partial charge is 0.326 e. The summed E-state index contributed by atoms with van der Waals surface area (Å²) in [5.41, 5.74) is 11.5. The van der Waals surface area contributed by atoms with Crippen molar-refractivity contribution < 1.29 is 0 Å². The average molecular weight is 244 g/mol. The lowest BCUT2D eigenvalue weighted by Crippen LogP contribution is -1.95. The van der Waals surface area contributed by atoms with Crippen molar-refractivity contribution in [1.29, 1.82) is 0 Å². The zero-order valence-corrected chi connectivity index (χ0v) is 10.2. The van der Waals surface area contributed by atoms with E-state index in [1.165, 1.54) is 0 Å². The van der Waals surface area contributed by atoms with E-state index in [0.717, 1.165) is 28.1 Å². The van der Waals surface area contributed by atoms with Crippen LogP contribution in [0.15, 0.2) is 29.1 Å². The van der Waals surface area contributed by atoms with Crippen molar-refractivity contribution in [2.45, 2.75) is 6.54 Å². The SMILES string of the molecule is Cn1c(-c2cscn2)nc2cc(CN)ccc21. The third-order valence-corrected chi connectivity index (χ3v) is 3.43. The molecule has 0 aliphatic heterocycles. The van der Waals surface area contributed by atoms with Gasteiger partial charge in [0.05, 0.1) is 16.5 Å². The maximum absolute atomic E-state index is 5.64. The molecule has 0 radical (unpaired) electrons. The van der Waals surface area contributed by atoms with E-state index in [9.17, 15) is 0 Å². The predicted molar refractivity (Wildman–Crippen MR) is 69.7 cm³/mol. The van der Waals surface area contributed by atoms with Gasteiger partial charge in [0, 0.05) is 19.0 Å². The number of hydrogen-bond acceptors (Lipinski definition) is 4. The molecule has 0 aliphatic rings. The van der Waals surface area contributed by atoms with E-state index < -0.39 is 0 Å². The Morgan fingerprint density at radius 3 is 3.00 bits per heavy atom. The van der Waals surface area contributed by atoms with E-state index in [1.54, 1.807) is 11.3 Å². The van der Waals surface area contributed by atoms with E-state index in [1.807, 2.05) is 30.1 Å². The molecule has 0 aliphatic carbocycles. The average Bonchev–Trinajstić information content (AvgIpc) is 2.97. The van der Waals surface area contributed by atoms with Crippen molar-refractivity contribution in [3.63, 3.8) is 0 Å². The monoisotopic (exact) mass is 244 g/mol. The molecule has 0 bridgehead atoms. The minimum atomic E-state index is 0.540. The van der Waals surface area contributed by atoms with Crippen LogP contribution in [0.4, 0.5) is 0 Å². The van der Waals surface area contributed by atoms with Crippen molar-refractivity contribution in [1.82, 2.24) is 14.5 Å². The maximum atomic E-state index is 5.64. The molecule has 2 N–H and O–H groups in total. The second kappa shape index (κ2) is 3.94. The van der Waals surface area contributed by atoms with Gasteiger partial charge in [0.1, 0.15) is 5.69 Å². The first-order valence-electron chi connectivity index (χ1n) is 5.33. The fourth-order valence-corrected chi connectivity index (χ4v) is 2.45. The van der Waals surface area contributed by atoms with Gasteiger partial charge in [-0.25, -0.2) is 9.97 Å². The number of aromatic nitrogens is 3. The molecule has 3 rings (SSSR count). The van der Waals surface area contributed by atoms with Crippen LogP contribution in [0, 0.1) is 0 Å². The molecule has 4 nitrogen and oxygen atoms in total. The van der Waals surface area contributed by atoms with Crippen molar-refractivity contribution in [3.05, 3.63) is 34.7 Å². The first-order valence-corrected chi connectivity index (χ1v) is 6.28. The van der Waals surface area contributed by atoms with Gasteiger partial charge in [-0.3, -0.25) is 0 Å². The number of aryl methyl sites for hydroxylation is 1. The molecule has 17 heavy (non-hydrogen) atoms.